The van der Waals surface area contributed by atoms with Crippen molar-refractivity contribution in [2.24, 2.45) is 0 Å². The van der Waals surface area contributed by atoms with Gasteiger partial charge in [-0.3, -0.25) is 19.5 Å². The Balaban J connectivity index is 2.16. The number of hydrogen-bond acceptors (Lipinski definition) is 8. The lowest BCUT2D eigenvalue weighted by Crippen LogP contribution is -2.24. The maximum atomic E-state index is 13.3. The zero-order valence-corrected chi connectivity index (χ0v) is 17.1. The first-order valence-corrected chi connectivity index (χ1v) is 9.95. The molecule has 1 aromatic carbocycles. The number of aryl methyl sites for hydroxylation is 1. The SMILES string of the molecule is COCc1cc(C)nc2sc3c(=O)n(CCO)c(-c4ccccc4[N+](=O)[O-])nc3c12. The van der Waals surface area contributed by atoms with Gasteiger partial charge >= 0.3 is 0 Å². The zero-order chi connectivity index (χ0) is 21.4. The molecule has 0 saturated carbocycles. The van der Waals surface area contributed by atoms with Crippen LogP contribution in [0.5, 0.6) is 0 Å². The average Bonchev–Trinajstić information content (AvgIpc) is 3.09. The van der Waals surface area contributed by atoms with Crippen LogP contribution in [-0.4, -0.2) is 38.3 Å². The smallest absolute Gasteiger partial charge is 0.280 e. The van der Waals surface area contributed by atoms with Crippen molar-refractivity contribution >= 4 is 37.5 Å². The van der Waals surface area contributed by atoms with Gasteiger partial charge in [-0.15, -0.1) is 11.3 Å². The first-order valence-electron chi connectivity index (χ1n) is 9.13. The van der Waals surface area contributed by atoms with E-state index in [1.807, 2.05) is 13.0 Å². The predicted molar refractivity (Wildman–Crippen MR) is 114 cm³/mol. The van der Waals surface area contributed by atoms with Gasteiger partial charge in [0, 0.05) is 24.3 Å². The molecular weight excluding hydrogens is 408 g/mol. The highest BCUT2D eigenvalue weighted by Gasteiger charge is 2.24. The fourth-order valence-electron chi connectivity index (χ4n) is 3.54. The second kappa shape index (κ2) is 7.90. The second-order valence-electron chi connectivity index (χ2n) is 6.71. The molecule has 0 unspecified atom stereocenters. The van der Waals surface area contributed by atoms with Gasteiger partial charge in [-0.05, 0) is 24.6 Å². The lowest BCUT2D eigenvalue weighted by atomic mass is 10.1. The summed E-state index contributed by atoms with van der Waals surface area (Å²) in [7, 11) is 1.58. The van der Waals surface area contributed by atoms with E-state index in [2.05, 4.69) is 4.98 Å². The van der Waals surface area contributed by atoms with Crippen molar-refractivity contribution in [2.45, 2.75) is 20.1 Å². The molecule has 9 nitrogen and oxygen atoms in total. The molecule has 1 N–H and O–H groups in total. The summed E-state index contributed by atoms with van der Waals surface area (Å²) in [4.78, 5) is 34.2. The number of nitro benzene ring substituents is 1. The summed E-state index contributed by atoms with van der Waals surface area (Å²) >= 11 is 1.22. The Hall–Kier alpha value is -3.21. The molecule has 0 amide bonds. The van der Waals surface area contributed by atoms with Gasteiger partial charge in [0.15, 0.2) is 5.82 Å². The number of thiophene rings is 1. The van der Waals surface area contributed by atoms with Gasteiger partial charge in [0.05, 0.1) is 35.8 Å². The van der Waals surface area contributed by atoms with E-state index in [1.165, 1.54) is 22.0 Å². The number of aromatic nitrogens is 3. The number of nitro groups is 1. The number of hydrogen-bond donors (Lipinski definition) is 1. The minimum Gasteiger partial charge on any atom is -0.395 e. The third-order valence-electron chi connectivity index (χ3n) is 4.72. The Morgan fingerprint density at radius 3 is 2.77 bits per heavy atom. The molecule has 4 aromatic rings. The van der Waals surface area contributed by atoms with E-state index >= 15 is 0 Å². The third-order valence-corrected chi connectivity index (χ3v) is 5.79. The molecule has 0 aliphatic carbocycles. The number of aliphatic hydroxyl groups excluding tert-OH is 1. The first-order chi connectivity index (χ1) is 14.5. The van der Waals surface area contributed by atoms with E-state index in [0.29, 0.717) is 27.0 Å². The van der Waals surface area contributed by atoms with E-state index in [1.54, 1.807) is 25.3 Å². The summed E-state index contributed by atoms with van der Waals surface area (Å²) in [6, 6.07) is 7.99. The molecule has 30 heavy (non-hydrogen) atoms. The molecular formula is C20H18N4O5S. The number of benzene rings is 1. The molecule has 3 heterocycles. The third kappa shape index (κ3) is 3.24. The van der Waals surface area contributed by atoms with Crippen LogP contribution in [0.3, 0.4) is 0 Å². The van der Waals surface area contributed by atoms with Gasteiger partial charge in [-0.25, -0.2) is 9.97 Å². The van der Waals surface area contributed by atoms with Crippen LogP contribution in [0.25, 0.3) is 31.8 Å². The molecule has 10 heteroatoms. The average molecular weight is 426 g/mol. The van der Waals surface area contributed by atoms with Crippen LogP contribution < -0.4 is 5.56 Å². The lowest BCUT2D eigenvalue weighted by Gasteiger charge is -2.12. The van der Waals surface area contributed by atoms with E-state index in [0.717, 1.165) is 11.3 Å². The van der Waals surface area contributed by atoms with Crippen LogP contribution in [0, 0.1) is 17.0 Å². The number of ether oxygens (including phenoxy) is 1. The maximum Gasteiger partial charge on any atom is 0.280 e. The molecule has 154 valence electrons. The summed E-state index contributed by atoms with van der Waals surface area (Å²) in [5.41, 5.74) is 1.74. The number of fused-ring (bicyclic) bond motifs is 3. The number of methoxy groups -OCH3 is 1. The Bertz CT molecular complexity index is 1340. The maximum absolute atomic E-state index is 13.3. The molecule has 0 aliphatic heterocycles. The van der Waals surface area contributed by atoms with E-state index in [-0.39, 0.29) is 35.8 Å². The van der Waals surface area contributed by atoms with Gasteiger partial charge in [0.1, 0.15) is 9.53 Å². The van der Waals surface area contributed by atoms with Gasteiger partial charge < -0.3 is 9.84 Å². The van der Waals surface area contributed by atoms with Crippen LogP contribution in [0.1, 0.15) is 11.3 Å². The van der Waals surface area contributed by atoms with Gasteiger partial charge in [-0.1, -0.05) is 12.1 Å². The second-order valence-corrected chi connectivity index (χ2v) is 7.70. The molecule has 0 bridgehead atoms. The highest BCUT2D eigenvalue weighted by atomic mass is 32.1. The lowest BCUT2D eigenvalue weighted by molar-refractivity contribution is -0.384. The fraction of sp³-hybridized carbons (Fsp3) is 0.250. The van der Waals surface area contributed by atoms with E-state index in [4.69, 9.17) is 9.72 Å². The summed E-state index contributed by atoms with van der Waals surface area (Å²) < 4.78 is 6.98. The number of rotatable bonds is 6. The van der Waals surface area contributed by atoms with Crippen molar-refractivity contribution in [3.8, 4) is 11.4 Å². The molecule has 0 spiro atoms. The predicted octanol–water partition coefficient (Wildman–Crippen LogP) is 3.03. The van der Waals surface area contributed by atoms with Crippen LogP contribution in [-0.2, 0) is 17.9 Å². The number of para-hydroxylation sites is 1. The van der Waals surface area contributed by atoms with Crippen molar-refractivity contribution in [2.75, 3.05) is 13.7 Å². The molecule has 0 radical (unpaired) electrons. The van der Waals surface area contributed by atoms with Crippen molar-refractivity contribution in [1.29, 1.82) is 0 Å². The molecule has 4 rings (SSSR count). The Labute approximate surface area is 174 Å². The summed E-state index contributed by atoms with van der Waals surface area (Å²) in [6.45, 7) is 1.83. The highest BCUT2D eigenvalue weighted by molar-refractivity contribution is 7.25. The van der Waals surface area contributed by atoms with E-state index < -0.39 is 4.92 Å². The Morgan fingerprint density at radius 2 is 2.07 bits per heavy atom. The normalized spacial score (nSPS) is 11.4. The minimum atomic E-state index is -0.512. The molecule has 0 aliphatic rings. The van der Waals surface area contributed by atoms with Gasteiger partial charge in [-0.2, -0.15) is 0 Å². The van der Waals surface area contributed by atoms with E-state index in [9.17, 15) is 20.0 Å². The molecule has 0 fully saturated rings. The fourth-order valence-corrected chi connectivity index (χ4v) is 4.69. The number of pyridine rings is 1. The number of nitrogens with zero attached hydrogens (tertiary/aromatic N) is 4. The van der Waals surface area contributed by atoms with Crippen LogP contribution in [0.2, 0.25) is 0 Å². The number of aliphatic hydroxyl groups is 1. The monoisotopic (exact) mass is 426 g/mol. The summed E-state index contributed by atoms with van der Waals surface area (Å²) in [6.07, 6.45) is 0. The van der Waals surface area contributed by atoms with Crippen molar-refractivity contribution in [3.05, 3.63) is 62.1 Å². The van der Waals surface area contributed by atoms with Crippen LogP contribution in [0.4, 0.5) is 5.69 Å². The summed E-state index contributed by atoms with van der Waals surface area (Å²) in [5, 5.41) is 21.8. The summed E-state index contributed by atoms with van der Waals surface area (Å²) in [5.74, 6) is 0.137. The quantitative estimate of drug-likeness (QED) is 0.372. The van der Waals surface area contributed by atoms with Crippen LogP contribution in [0.15, 0.2) is 35.1 Å². The zero-order valence-electron chi connectivity index (χ0n) is 16.3. The topological polar surface area (TPSA) is 120 Å². The van der Waals surface area contributed by atoms with Gasteiger partial charge in [0.25, 0.3) is 11.2 Å². The van der Waals surface area contributed by atoms with Crippen LogP contribution >= 0.6 is 11.3 Å². The van der Waals surface area contributed by atoms with Crippen molar-refractivity contribution < 1.29 is 14.8 Å². The Kier molecular flexibility index (Phi) is 5.29. The minimum absolute atomic E-state index is 0.0330. The Morgan fingerprint density at radius 1 is 1.30 bits per heavy atom. The standard InChI is InChI=1S/C20H18N4O5S/c1-11-9-12(10-29-2)15-16-17(30-19(15)21-11)20(26)23(7-8-25)18(22-16)13-5-3-4-6-14(13)24(27)28/h3-6,9,25H,7-8,10H2,1-2H3. The molecule has 0 saturated heterocycles. The highest BCUT2D eigenvalue weighted by Crippen LogP contribution is 2.35. The largest absolute Gasteiger partial charge is 0.395 e. The van der Waals surface area contributed by atoms with Gasteiger partial charge in [0.2, 0.25) is 0 Å². The molecule has 3 aromatic heterocycles. The van der Waals surface area contributed by atoms with Crippen molar-refractivity contribution in [3.63, 3.8) is 0 Å². The first kappa shape index (κ1) is 20.1. The molecule has 0 atom stereocenters. The van der Waals surface area contributed by atoms with Crippen molar-refractivity contribution in [1.82, 2.24) is 14.5 Å².